The first kappa shape index (κ1) is 21.3. The predicted octanol–water partition coefficient (Wildman–Crippen LogP) is 5.82. The zero-order chi connectivity index (χ0) is 22.7. The molecule has 2 amide bonds. The molecule has 0 unspecified atom stereocenters. The molecule has 1 aromatic heterocycles. The Bertz CT molecular complexity index is 1260. The molecule has 2 N–H and O–H groups in total. The lowest BCUT2D eigenvalue weighted by Gasteiger charge is -2.15. The van der Waals surface area contributed by atoms with Gasteiger partial charge in [-0.15, -0.1) is 0 Å². The van der Waals surface area contributed by atoms with Crippen molar-refractivity contribution in [2.24, 2.45) is 0 Å². The molecule has 0 radical (unpaired) electrons. The molecule has 9 heteroatoms. The quantitative estimate of drug-likeness (QED) is 0.382. The van der Waals surface area contributed by atoms with E-state index in [0.717, 1.165) is 5.52 Å². The van der Waals surface area contributed by atoms with Gasteiger partial charge in [-0.25, -0.2) is 9.78 Å². The number of ether oxygens (including phenoxy) is 3. The number of amides is 2. The molecule has 0 aliphatic rings. The first-order valence-electron chi connectivity index (χ1n) is 9.56. The summed E-state index contributed by atoms with van der Waals surface area (Å²) in [5, 5.41) is 5.84. The van der Waals surface area contributed by atoms with Crippen molar-refractivity contribution in [3.05, 3.63) is 59.6 Å². The zero-order valence-corrected chi connectivity index (χ0v) is 18.3. The molecule has 0 bridgehead atoms. The molecule has 8 nitrogen and oxygen atoms in total. The summed E-state index contributed by atoms with van der Waals surface area (Å²) >= 11 is 6.18. The van der Waals surface area contributed by atoms with Gasteiger partial charge in [-0.1, -0.05) is 23.7 Å². The van der Waals surface area contributed by atoms with Gasteiger partial charge < -0.3 is 29.3 Å². The summed E-state index contributed by atoms with van der Waals surface area (Å²) in [6.07, 6.45) is 0. The van der Waals surface area contributed by atoms with Gasteiger partial charge in [0.2, 0.25) is 5.89 Å². The number of methoxy groups -OCH3 is 3. The van der Waals surface area contributed by atoms with E-state index in [1.54, 1.807) is 30.3 Å². The summed E-state index contributed by atoms with van der Waals surface area (Å²) in [7, 11) is 4.50. The van der Waals surface area contributed by atoms with Crippen molar-refractivity contribution in [3.8, 4) is 28.7 Å². The maximum atomic E-state index is 12.7. The summed E-state index contributed by atoms with van der Waals surface area (Å²) in [6.45, 7) is 0. The number of carbonyl (C=O) groups is 1. The molecule has 0 aliphatic carbocycles. The van der Waals surface area contributed by atoms with Crippen LogP contribution < -0.4 is 24.8 Å². The van der Waals surface area contributed by atoms with E-state index in [1.807, 2.05) is 24.3 Å². The monoisotopic (exact) mass is 453 g/mol. The molecule has 4 aromatic rings. The van der Waals surface area contributed by atoms with Crippen LogP contribution in [0, 0.1) is 0 Å². The van der Waals surface area contributed by atoms with Crippen LogP contribution in [0.25, 0.3) is 22.6 Å². The summed E-state index contributed by atoms with van der Waals surface area (Å²) < 4.78 is 21.7. The summed E-state index contributed by atoms with van der Waals surface area (Å²) in [5.41, 5.74) is 2.92. The number of aromatic nitrogens is 1. The molecule has 164 valence electrons. The molecular weight excluding hydrogens is 434 g/mol. The number of rotatable bonds is 6. The average molecular weight is 454 g/mol. The Kier molecular flexibility index (Phi) is 6.04. The highest BCUT2D eigenvalue weighted by atomic mass is 35.5. The Morgan fingerprint density at radius 1 is 0.875 bits per heavy atom. The lowest BCUT2D eigenvalue weighted by atomic mass is 10.2. The number of carbonyl (C=O) groups excluding carboxylic acids is 1. The number of fused-ring (bicyclic) bond motifs is 1. The Balaban J connectivity index is 1.60. The van der Waals surface area contributed by atoms with Crippen molar-refractivity contribution in [1.29, 1.82) is 0 Å². The number of urea groups is 1. The van der Waals surface area contributed by atoms with Crippen LogP contribution in [-0.4, -0.2) is 32.3 Å². The van der Waals surface area contributed by atoms with Crippen LogP contribution in [0.3, 0.4) is 0 Å². The van der Waals surface area contributed by atoms with Crippen molar-refractivity contribution in [1.82, 2.24) is 4.98 Å². The van der Waals surface area contributed by atoms with Crippen LogP contribution in [0.15, 0.2) is 59.0 Å². The number of benzene rings is 3. The second-order valence-electron chi connectivity index (χ2n) is 6.67. The number of para-hydroxylation sites is 2. The number of anilines is 2. The summed E-state index contributed by atoms with van der Waals surface area (Å²) in [4.78, 5) is 17.2. The SMILES string of the molecule is COc1cc(OC)c(NC(=O)Nc2cc(-c3nc4ccccc4o3)ccc2OC)cc1Cl. The van der Waals surface area contributed by atoms with Gasteiger partial charge in [0.1, 0.15) is 22.8 Å². The number of oxazole rings is 1. The number of hydrogen-bond donors (Lipinski definition) is 2. The fraction of sp³-hybridized carbons (Fsp3) is 0.130. The topological polar surface area (TPSA) is 94.9 Å². The van der Waals surface area contributed by atoms with E-state index in [0.29, 0.717) is 50.7 Å². The molecule has 0 saturated carbocycles. The molecule has 1 heterocycles. The standard InChI is InChI=1S/C23H20ClN3O5/c1-29-18-9-8-13(22-25-15-6-4-5-7-19(15)32-22)10-16(18)26-23(28)27-17-11-14(24)20(30-2)12-21(17)31-3/h4-12H,1-3H3,(H2,26,27,28). The van der Waals surface area contributed by atoms with Crippen LogP contribution in [0.2, 0.25) is 5.02 Å². The minimum atomic E-state index is -0.516. The molecule has 0 aliphatic heterocycles. The smallest absolute Gasteiger partial charge is 0.323 e. The van der Waals surface area contributed by atoms with Gasteiger partial charge in [0.25, 0.3) is 0 Å². The van der Waals surface area contributed by atoms with Crippen LogP contribution in [0.5, 0.6) is 17.2 Å². The Morgan fingerprint density at radius 2 is 1.56 bits per heavy atom. The molecule has 4 rings (SSSR count). The molecule has 0 fully saturated rings. The molecule has 0 spiro atoms. The van der Waals surface area contributed by atoms with Crippen molar-refractivity contribution >= 4 is 40.1 Å². The summed E-state index contributed by atoms with van der Waals surface area (Å²) in [6, 6.07) is 15.4. The number of halogens is 1. The highest BCUT2D eigenvalue weighted by molar-refractivity contribution is 6.32. The normalized spacial score (nSPS) is 10.6. The first-order valence-corrected chi connectivity index (χ1v) is 9.93. The van der Waals surface area contributed by atoms with Crippen molar-refractivity contribution in [2.75, 3.05) is 32.0 Å². The van der Waals surface area contributed by atoms with Gasteiger partial charge in [-0.2, -0.15) is 0 Å². The van der Waals surface area contributed by atoms with Gasteiger partial charge in [0.15, 0.2) is 5.58 Å². The van der Waals surface area contributed by atoms with E-state index < -0.39 is 6.03 Å². The highest BCUT2D eigenvalue weighted by Crippen LogP contribution is 2.36. The van der Waals surface area contributed by atoms with Gasteiger partial charge in [-0.05, 0) is 36.4 Å². The second-order valence-corrected chi connectivity index (χ2v) is 7.08. The zero-order valence-electron chi connectivity index (χ0n) is 17.6. The fourth-order valence-corrected chi connectivity index (χ4v) is 3.41. The molecule has 3 aromatic carbocycles. The molecule has 0 saturated heterocycles. The van der Waals surface area contributed by atoms with E-state index in [2.05, 4.69) is 15.6 Å². The lowest BCUT2D eigenvalue weighted by molar-refractivity contribution is 0.262. The Labute approximate surface area is 189 Å². The Morgan fingerprint density at radius 3 is 2.25 bits per heavy atom. The minimum absolute atomic E-state index is 0.333. The average Bonchev–Trinajstić information content (AvgIpc) is 3.23. The van der Waals surface area contributed by atoms with Gasteiger partial charge >= 0.3 is 6.03 Å². The van der Waals surface area contributed by atoms with Crippen molar-refractivity contribution in [3.63, 3.8) is 0 Å². The van der Waals surface area contributed by atoms with Crippen LogP contribution in [0.4, 0.5) is 16.2 Å². The van der Waals surface area contributed by atoms with E-state index >= 15 is 0 Å². The van der Waals surface area contributed by atoms with Crippen LogP contribution in [-0.2, 0) is 0 Å². The maximum absolute atomic E-state index is 12.7. The minimum Gasteiger partial charge on any atom is -0.495 e. The first-order chi connectivity index (χ1) is 15.5. The molecular formula is C23H20ClN3O5. The Hall–Kier alpha value is -3.91. The van der Waals surface area contributed by atoms with E-state index in [-0.39, 0.29) is 0 Å². The number of nitrogens with zero attached hydrogens (tertiary/aromatic N) is 1. The fourth-order valence-electron chi connectivity index (χ4n) is 3.17. The van der Waals surface area contributed by atoms with Gasteiger partial charge in [-0.3, -0.25) is 0 Å². The van der Waals surface area contributed by atoms with Crippen LogP contribution >= 0.6 is 11.6 Å². The third-order valence-electron chi connectivity index (χ3n) is 4.71. The van der Waals surface area contributed by atoms with E-state index in [4.69, 9.17) is 30.2 Å². The van der Waals surface area contributed by atoms with Crippen molar-refractivity contribution < 1.29 is 23.4 Å². The predicted molar refractivity (Wildman–Crippen MR) is 123 cm³/mol. The summed E-state index contributed by atoms with van der Waals surface area (Å²) in [5.74, 6) is 1.73. The lowest BCUT2D eigenvalue weighted by Crippen LogP contribution is -2.20. The van der Waals surface area contributed by atoms with Gasteiger partial charge in [0, 0.05) is 11.6 Å². The van der Waals surface area contributed by atoms with E-state index in [1.165, 1.54) is 21.3 Å². The van der Waals surface area contributed by atoms with Crippen molar-refractivity contribution in [2.45, 2.75) is 0 Å². The highest BCUT2D eigenvalue weighted by Gasteiger charge is 2.16. The second kappa shape index (κ2) is 9.07. The van der Waals surface area contributed by atoms with E-state index in [9.17, 15) is 4.79 Å². The third kappa shape index (κ3) is 4.26. The molecule has 0 atom stereocenters. The largest absolute Gasteiger partial charge is 0.495 e. The van der Waals surface area contributed by atoms with Gasteiger partial charge in [0.05, 0.1) is 37.7 Å². The van der Waals surface area contributed by atoms with Crippen LogP contribution in [0.1, 0.15) is 0 Å². The maximum Gasteiger partial charge on any atom is 0.323 e. The number of hydrogen-bond acceptors (Lipinski definition) is 6. The molecule has 32 heavy (non-hydrogen) atoms. The third-order valence-corrected chi connectivity index (χ3v) is 5.01. The number of nitrogens with one attached hydrogen (secondary N) is 2.